The second kappa shape index (κ2) is 5.82. The lowest BCUT2D eigenvalue weighted by atomic mass is 9.92. The Kier molecular flexibility index (Phi) is 4.08. The van der Waals surface area contributed by atoms with E-state index in [0.29, 0.717) is 31.0 Å². The molecule has 3 aliphatic rings. The molecule has 112 valence electrons. The van der Waals surface area contributed by atoms with Gasteiger partial charge < -0.3 is 5.32 Å². The average molecular weight is 279 g/mol. The highest BCUT2D eigenvalue weighted by Crippen LogP contribution is 2.38. The molecule has 3 unspecified atom stereocenters. The van der Waals surface area contributed by atoms with Crippen molar-refractivity contribution in [1.29, 1.82) is 0 Å². The number of amides is 2. The molecule has 3 fully saturated rings. The van der Waals surface area contributed by atoms with Gasteiger partial charge in [-0.3, -0.25) is 19.8 Å². The molecule has 2 N–H and O–H groups in total. The molecular weight excluding hydrogens is 254 g/mol. The first-order valence-electron chi connectivity index (χ1n) is 8.03. The highest BCUT2D eigenvalue weighted by molar-refractivity contribution is 6.00. The minimum Gasteiger partial charge on any atom is -0.314 e. The molecule has 2 bridgehead atoms. The van der Waals surface area contributed by atoms with Gasteiger partial charge in [0, 0.05) is 24.5 Å². The predicted octanol–water partition coefficient (Wildman–Crippen LogP) is 0.787. The van der Waals surface area contributed by atoms with Crippen LogP contribution < -0.4 is 10.6 Å². The Morgan fingerprint density at radius 1 is 1.20 bits per heavy atom. The topological polar surface area (TPSA) is 61.4 Å². The van der Waals surface area contributed by atoms with E-state index in [9.17, 15) is 9.59 Å². The first-order valence-corrected chi connectivity index (χ1v) is 8.03. The number of carbonyl (C=O) groups is 2. The molecule has 2 amide bonds. The van der Waals surface area contributed by atoms with Crippen molar-refractivity contribution in [2.24, 2.45) is 0 Å². The Hall–Kier alpha value is -0.940. The summed E-state index contributed by atoms with van der Waals surface area (Å²) in [6, 6.07) is 1.58. The summed E-state index contributed by atoms with van der Waals surface area (Å²) in [5, 5.41) is 6.14. The van der Waals surface area contributed by atoms with Crippen LogP contribution in [0.3, 0.4) is 0 Å². The fourth-order valence-electron chi connectivity index (χ4n) is 4.20. The maximum atomic E-state index is 12.1. The highest BCUT2D eigenvalue weighted by Gasteiger charge is 2.46. The fraction of sp³-hybridized carbons (Fsp3) is 0.867. The summed E-state index contributed by atoms with van der Waals surface area (Å²) < 4.78 is 0. The summed E-state index contributed by atoms with van der Waals surface area (Å²) in [4.78, 5) is 25.8. The smallest absolute Gasteiger partial charge is 0.243 e. The zero-order valence-corrected chi connectivity index (χ0v) is 12.2. The second-order valence-electron chi connectivity index (χ2n) is 6.42. The van der Waals surface area contributed by atoms with Gasteiger partial charge in [-0.25, -0.2) is 0 Å². The Balaban J connectivity index is 1.65. The van der Waals surface area contributed by atoms with Gasteiger partial charge in [0.1, 0.15) is 0 Å². The lowest BCUT2D eigenvalue weighted by Crippen LogP contribution is -2.59. The van der Waals surface area contributed by atoms with Crippen LogP contribution in [0.1, 0.15) is 51.9 Å². The molecule has 3 atom stereocenters. The van der Waals surface area contributed by atoms with Crippen molar-refractivity contribution in [3.05, 3.63) is 0 Å². The number of nitrogens with zero attached hydrogens (tertiary/aromatic N) is 1. The molecular formula is C15H25N3O2. The van der Waals surface area contributed by atoms with Gasteiger partial charge in [-0.15, -0.1) is 0 Å². The van der Waals surface area contributed by atoms with Gasteiger partial charge in [-0.1, -0.05) is 6.92 Å². The van der Waals surface area contributed by atoms with Crippen molar-refractivity contribution in [1.82, 2.24) is 15.5 Å². The Morgan fingerprint density at radius 2 is 1.90 bits per heavy atom. The average Bonchev–Trinajstić information content (AvgIpc) is 2.68. The fourth-order valence-corrected chi connectivity index (χ4v) is 4.20. The van der Waals surface area contributed by atoms with E-state index in [-0.39, 0.29) is 17.9 Å². The second-order valence-corrected chi connectivity index (χ2v) is 6.42. The first kappa shape index (κ1) is 14.0. The van der Waals surface area contributed by atoms with Crippen LogP contribution in [-0.4, -0.2) is 47.4 Å². The van der Waals surface area contributed by atoms with Crippen molar-refractivity contribution >= 4 is 11.8 Å². The lowest BCUT2D eigenvalue weighted by Gasteiger charge is -2.44. The number of fused-ring (bicyclic) bond motifs is 2. The summed E-state index contributed by atoms with van der Waals surface area (Å²) in [6.07, 6.45) is 7.05. The third kappa shape index (κ3) is 2.61. The Morgan fingerprint density at radius 3 is 2.50 bits per heavy atom. The van der Waals surface area contributed by atoms with E-state index in [4.69, 9.17) is 0 Å². The number of nitrogens with one attached hydrogen (secondary N) is 2. The van der Waals surface area contributed by atoms with Crippen LogP contribution in [-0.2, 0) is 9.59 Å². The summed E-state index contributed by atoms with van der Waals surface area (Å²) in [5.74, 6) is -0.184. The molecule has 0 saturated carbocycles. The molecule has 0 aromatic heterocycles. The van der Waals surface area contributed by atoms with Gasteiger partial charge in [-0.05, 0) is 45.1 Å². The van der Waals surface area contributed by atoms with Crippen LogP contribution in [0.15, 0.2) is 0 Å². The zero-order chi connectivity index (χ0) is 14.1. The Bertz CT molecular complexity index is 385. The molecule has 5 nitrogen and oxygen atoms in total. The van der Waals surface area contributed by atoms with Crippen LogP contribution in [0.2, 0.25) is 0 Å². The molecule has 0 aromatic rings. The van der Waals surface area contributed by atoms with Crippen molar-refractivity contribution in [3.8, 4) is 0 Å². The van der Waals surface area contributed by atoms with Crippen LogP contribution >= 0.6 is 0 Å². The molecule has 0 aliphatic carbocycles. The van der Waals surface area contributed by atoms with Gasteiger partial charge in [0.25, 0.3) is 0 Å². The largest absolute Gasteiger partial charge is 0.314 e. The normalized spacial score (nSPS) is 38.0. The number of hydrogen-bond acceptors (Lipinski definition) is 4. The minimum absolute atomic E-state index is 0.0712. The monoisotopic (exact) mass is 279 g/mol. The number of imide groups is 1. The zero-order valence-electron chi connectivity index (χ0n) is 12.2. The van der Waals surface area contributed by atoms with Crippen LogP contribution in [0.4, 0.5) is 0 Å². The predicted molar refractivity (Wildman–Crippen MR) is 76.1 cm³/mol. The van der Waals surface area contributed by atoms with E-state index >= 15 is 0 Å². The number of carbonyl (C=O) groups excluding carboxylic acids is 2. The van der Waals surface area contributed by atoms with E-state index in [0.717, 1.165) is 19.4 Å². The van der Waals surface area contributed by atoms with Gasteiger partial charge in [0.05, 0.1) is 6.04 Å². The van der Waals surface area contributed by atoms with Gasteiger partial charge in [0.2, 0.25) is 11.8 Å². The summed E-state index contributed by atoms with van der Waals surface area (Å²) in [5.41, 5.74) is 0. The summed E-state index contributed by atoms with van der Waals surface area (Å²) in [7, 11) is 0. The lowest BCUT2D eigenvalue weighted by molar-refractivity contribution is -0.139. The van der Waals surface area contributed by atoms with Crippen LogP contribution in [0, 0.1) is 0 Å². The molecule has 0 spiro atoms. The molecule has 3 saturated heterocycles. The number of piperidine rings is 2. The van der Waals surface area contributed by atoms with E-state index < -0.39 is 0 Å². The highest BCUT2D eigenvalue weighted by atomic mass is 16.2. The third-order valence-electron chi connectivity index (χ3n) is 5.04. The van der Waals surface area contributed by atoms with Crippen LogP contribution in [0.5, 0.6) is 0 Å². The van der Waals surface area contributed by atoms with Crippen molar-refractivity contribution in [2.75, 3.05) is 6.54 Å². The molecule has 0 aromatic carbocycles. The van der Waals surface area contributed by atoms with Crippen molar-refractivity contribution in [2.45, 2.75) is 76.0 Å². The van der Waals surface area contributed by atoms with E-state index in [1.165, 1.54) is 19.3 Å². The molecule has 3 rings (SSSR count). The molecule has 5 heteroatoms. The summed E-state index contributed by atoms with van der Waals surface area (Å²) in [6.45, 7) is 3.28. The summed E-state index contributed by atoms with van der Waals surface area (Å²) >= 11 is 0. The first-order chi connectivity index (χ1) is 9.69. The SMILES string of the molecule is CCCNC1CC2CCC(C1)N2C1CCC(=O)NC1=O. The van der Waals surface area contributed by atoms with Gasteiger partial charge in [0.15, 0.2) is 0 Å². The molecule has 20 heavy (non-hydrogen) atoms. The molecule has 3 aliphatic heterocycles. The third-order valence-corrected chi connectivity index (χ3v) is 5.04. The quantitative estimate of drug-likeness (QED) is 0.747. The standard InChI is InChI=1S/C15H25N3O2/c1-2-7-16-10-8-11-3-4-12(9-10)18(11)13-5-6-14(19)17-15(13)20/h10-13,16H,2-9H2,1H3,(H,17,19,20). The van der Waals surface area contributed by atoms with Gasteiger partial charge in [-0.2, -0.15) is 0 Å². The molecule has 3 heterocycles. The minimum atomic E-state index is -0.113. The number of rotatable bonds is 4. The van der Waals surface area contributed by atoms with Crippen LogP contribution in [0.25, 0.3) is 0 Å². The van der Waals surface area contributed by atoms with Gasteiger partial charge >= 0.3 is 0 Å². The maximum Gasteiger partial charge on any atom is 0.243 e. The van der Waals surface area contributed by atoms with Crippen molar-refractivity contribution < 1.29 is 9.59 Å². The number of hydrogen-bond donors (Lipinski definition) is 2. The van der Waals surface area contributed by atoms with E-state index in [1.54, 1.807) is 0 Å². The Labute approximate surface area is 120 Å². The van der Waals surface area contributed by atoms with Crippen molar-refractivity contribution in [3.63, 3.8) is 0 Å². The van der Waals surface area contributed by atoms with E-state index in [1.807, 2.05) is 0 Å². The van der Waals surface area contributed by atoms with E-state index in [2.05, 4.69) is 22.5 Å². The molecule has 0 radical (unpaired) electrons. The maximum absolute atomic E-state index is 12.1.